The molecule has 0 aliphatic carbocycles. The SMILES string of the molecule is COC(=O)N1CCC(N2CCc3ccccc3NC2=O)CC1.Cc1cc(C[C@@H](C)C(=O)N2CCN(C3CCN(S(C)(=O)=O)CC3)CC2)cc(C)c1N. The number of nitrogens with two attached hydrogens (primary N) is 1. The molecule has 3 N–H and O–H groups in total. The molecule has 3 fully saturated rings. The molecule has 0 radical (unpaired) electrons. The van der Waals surface area contributed by atoms with Crippen molar-refractivity contribution in [1.29, 1.82) is 0 Å². The van der Waals surface area contributed by atoms with Crippen LogP contribution >= 0.6 is 0 Å². The number of carbonyl (C=O) groups excluding carboxylic acids is 3. The van der Waals surface area contributed by atoms with Gasteiger partial charge in [-0.25, -0.2) is 22.3 Å². The minimum absolute atomic E-state index is 0.0403. The Kier molecular flexibility index (Phi) is 13.1. The van der Waals surface area contributed by atoms with Crippen molar-refractivity contribution in [3.8, 4) is 0 Å². The molecule has 1 atom stereocenters. The minimum Gasteiger partial charge on any atom is -0.453 e. The molecule has 0 spiro atoms. The van der Waals surface area contributed by atoms with Crippen molar-refractivity contribution in [2.45, 2.75) is 71.4 Å². The zero-order valence-electron chi connectivity index (χ0n) is 31.5. The monoisotopic (exact) mass is 739 g/mol. The van der Waals surface area contributed by atoms with E-state index in [4.69, 9.17) is 10.5 Å². The summed E-state index contributed by atoms with van der Waals surface area (Å²) in [5.41, 5.74) is 12.3. The van der Waals surface area contributed by atoms with E-state index < -0.39 is 10.0 Å². The van der Waals surface area contributed by atoms with Gasteiger partial charge in [-0.15, -0.1) is 0 Å². The summed E-state index contributed by atoms with van der Waals surface area (Å²) in [6, 6.07) is 12.7. The van der Waals surface area contributed by atoms with E-state index in [2.05, 4.69) is 28.4 Å². The summed E-state index contributed by atoms with van der Waals surface area (Å²) in [6.07, 6.45) is 5.90. The van der Waals surface area contributed by atoms with Gasteiger partial charge in [0.25, 0.3) is 0 Å². The quantitative estimate of drug-likeness (QED) is 0.424. The van der Waals surface area contributed by atoms with Crippen molar-refractivity contribution in [2.24, 2.45) is 5.92 Å². The van der Waals surface area contributed by atoms with E-state index in [0.29, 0.717) is 38.8 Å². The van der Waals surface area contributed by atoms with Crippen LogP contribution in [0.3, 0.4) is 0 Å². The first-order valence-electron chi connectivity index (χ1n) is 18.6. The van der Waals surface area contributed by atoms with Crippen LogP contribution in [0.15, 0.2) is 36.4 Å². The van der Waals surface area contributed by atoms with E-state index in [0.717, 1.165) is 92.8 Å². The van der Waals surface area contributed by atoms with Crippen LogP contribution in [0, 0.1) is 19.8 Å². The molecule has 4 aliphatic rings. The molecule has 52 heavy (non-hydrogen) atoms. The maximum atomic E-state index is 13.0. The molecule has 2 aromatic carbocycles. The van der Waals surface area contributed by atoms with Crippen LogP contribution in [-0.4, -0.2) is 135 Å². The predicted octanol–water partition coefficient (Wildman–Crippen LogP) is 3.94. The molecule has 3 saturated heterocycles. The topological polar surface area (TPSA) is 149 Å². The van der Waals surface area contributed by atoms with E-state index in [1.165, 1.54) is 18.9 Å². The Balaban J connectivity index is 0.000000210. The molecular weight excluding hydrogens is 683 g/mol. The van der Waals surface area contributed by atoms with Crippen LogP contribution in [0.1, 0.15) is 54.9 Å². The van der Waals surface area contributed by atoms with Crippen molar-refractivity contribution >= 4 is 39.4 Å². The van der Waals surface area contributed by atoms with Gasteiger partial charge in [-0.3, -0.25) is 9.69 Å². The van der Waals surface area contributed by atoms with Crippen molar-refractivity contribution in [3.63, 3.8) is 0 Å². The molecule has 4 amide bonds. The largest absolute Gasteiger partial charge is 0.453 e. The summed E-state index contributed by atoms with van der Waals surface area (Å²) in [5.74, 6) is 0.158. The van der Waals surface area contributed by atoms with Crippen molar-refractivity contribution in [3.05, 3.63) is 58.7 Å². The van der Waals surface area contributed by atoms with E-state index in [1.807, 2.05) is 48.8 Å². The van der Waals surface area contributed by atoms with Gasteiger partial charge in [0.1, 0.15) is 0 Å². The van der Waals surface area contributed by atoms with Crippen molar-refractivity contribution in [1.82, 2.24) is 23.9 Å². The lowest BCUT2D eigenvalue weighted by Gasteiger charge is -2.42. The molecular formula is C38H57N7O6S. The molecule has 13 nitrogen and oxygen atoms in total. The first-order valence-corrected chi connectivity index (χ1v) is 20.4. The van der Waals surface area contributed by atoms with E-state index in [-0.39, 0.29) is 30.0 Å². The number of nitrogen functional groups attached to an aromatic ring is 1. The Labute approximate surface area is 309 Å². The lowest BCUT2D eigenvalue weighted by atomic mass is 9.95. The number of methoxy groups -OCH3 is 1. The van der Waals surface area contributed by atoms with Gasteiger partial charge in [-0.1, -0.05) is 37.3 Å². The highest BCUT2D eigenvalue weighted by molar-refractivity contribution is 7.88. The summed E-state index contributed by atoms with van der Waals surface area (Å²) in [7, 11) is -1.69. The van der Waals surface area contributed by atoms with Gasteiger partial charge in [-0.2, -0.15) is 0 Å². The van der Waals surface area contributed by atoms with Gasteiger partial charge in [-0.05, 0) is 80.7 Å². The number of likely N-dealkylation sites (tertiary alicyclic amines) is 1. The summed E-state index contributed by atoms with van der Waals surface area (Å²) >= 11 is 0. The third-order valence-corrected chi connectivity index (χ3v) is 12.4. The Bertz CT molecular complexity index is 1660. The molecule has 286 valence electrons. The molecule has 0 aromatic heterocycles. The summed E-state index contributed by atoms with van der Waals surface area (Å²) < 4.78 is 29.7. The second kappa shape index (κ2) is 17.3. The number of hydrogen-bond donors (Lipinski definition) is 2. The highest BCUT2D eigenvalue weighted by Gasteiger charge is 2.33. The number of hydrogen-bond acceptors (Lipinski definition) is 8. The van der Waals surface area contributed by atoms with Gasteiger partial charge in [0.2, 0.25) is 15.9 Å². The van der Waals surface area contributed by atoms with Crippen LogP contribution < -0.4 is 11.1 Å². The van der Waals surface area contributed by atoms with Gasteiger partial charge >= 0.3 is 12.1 Å². The fourth-order valence-electron chi connectivity index (χ4n) is 8.01. The number of aryl methyl sites for hydroxylation is 2. The van der Waals surface area contributed by atoms with Crippen molar-refractivity contribution in [2.75, 3.05) is 83.3 Å². The second-order valence-electron chi connectivity index (χ2n) is 14.7. The van der Waals surface area contributed by atoms with E-state index >= 15 is 0 Å². The molecule has 2 aromatic rings. The number of benzene rings is 2. The van der Waals surface area contributed by atoms with Crippen LogP contribution in [-0.2, 0) is 32.4 Å². The number of piperidine rings is 2. The van der Waals surface area contributed by atoms with E-state index in [1.54, 1.807) is 9.21 Å². The number of sulfonamides is 1. The van der Waals surface area contributed by atoms with Gasteiger partial charge in [0.05, 0.1) is 13.4 Å². The maximum Gasteiger partial charge on any atom is 0.409 e. The summed E-state index contributed by atoms with van der Waals surface area (Å²) in [5, 5.41) is 3.00. The standard InChI is InChI=1S/C22H36N4O3S.C16H21N3O3/c1-16-13-19(14-17(2)21(16)23)15-18(3)22(27)25-11-9-24(10-12-25)20-5-7-26(8-6-20)30(4,28)29;1-22-16(21)18-9-7-13(8-10-18)19-11-6-12-4-2-3-5-14(12)17-15(19)20/h13-14,18,20H,5-12,15,23H2,1-4H3;2-5,13H,6-11H2,1H3,(H,17,20)/t18-;/m1./s1. The molecule has 0 bridgehead atoms. The number of urea groups is 1. The molecule has 14 heteroatoms. The lowest BCUT2D eigenvalue weighted by molar-refractivity contribution is -0.137. The third kappa shape index (κ3) is 9.75. The van der Waals surface area contributed by atoms with Crippen LogP contribution in [0.4, 0.5) is 21.0 Å². The number of amides is 4. The number of para-hydroxylation sites is 1. The smallest absolute Gasteiger partial charge is 0.409 e. The number of fused-ring (bicyclic) bond motifs is 1. The Morgan fingerprint density at radius 1 is 0.885 bits per heavy atom. The summed E-state index contributed by atoms with van der Waals surface area (Å²) in [4.78, 5) is 45.0. The molecule has 0 saturated carbocycles. The first kappa shape index (κ1) is 39.3. The fraction of sp³-hybridized carbons (Fsp3) is 0.605. The molecule has 4 aliphatic heterocycles. The number of anilines is 2. The lowest BCUT2D eigenvalue weighted by Crippen LogP contribution is -2.55. The Hall–Kier alpha value is -3.88. The molecule has 4 heterocycles. The van der Waals surface area contributed by atoms with Crippen LogP contribution in [0.2, 0.25) is 0 Å². The van der Waals surface area contributed by atoms with Crippen LogP contribution in [0.5, 0.6) is 0 Å². The van der Waals surface area contributed by atoms with Gasteiger partial charge < -0.3 is 30.5 Å². The van der Waals surface area contributed by atoms with Gasteiger partial charge in [0.15, 0.2) is 0 Å². The average Bonchev–Trinajstić information content (AvgIpc) is 3.31. The highest BCUT2D eigenvalue weighted by atomic mass is 32.2. The molecule has 0 unspecified atom stereocenters. The van der Waals surface area contributed by atoms with E-state index in [9.17, 15) is 22.8 Å². The number of piperazine rings is 1. The number of rotatable bonds is 6. The van der Waals surface area contributed by atoms with Crippen LogP contribution in [0.25, 0.3) is 0 Å². The predicted molar refractivity (Wildman–Crippen MR) is 204 cm³/mol. The third-order valence-electron chi connectivity index (χ3n) is 11.1. The zero-order chi connectivity index (χ0) is 37.6. The number of nitrogens with one attached hydrogen (secondary N) is 1. The van der Waals surface area contributed by atoms with Gasteiger partial charge in [0, 0.05) is 88.3 Å². The second-order valence-corrected chi connectivity index (χ2v) is 16.7. The highest BCUT2D eigenvalue weighted by Crippen LogP contribution is 2.26. The number of carbonyl (C=O) groups is 3. The Morgan fingerprint density at radius 3 is 2.08 bits per heavy atom. The average molecular weight is 740 g/mol. The fourth-order valence-corrected chi connectivity index (χ4v) is 8.88. The normalized spacial score (nSPS) is 20.2. The van der Waals surface area contributed by atoms with Crippen molar-refractivity contribution < 1.29 is 27.5 Å². The number of nitrogens with zero attached hydrogens (tertiary/aromatic N) is 5. The Morgan fingerprint density at radius 2 is 1.48 bits per heavy atom. The molecule has 6 rings (SSSR count). The first-order chi connectivity index (χ1) is 24.7. The maximum absolute atomic E-state index is 13.0. The summed E-state index contributed by atoms with van der Waals surface area (Å²) in [6.45, 7) is 12.4. The zero-order valence-corrected chi connectivity index (χ0v) is 32.3. The minimum atomic E-state index is -3.09. The number of ether oxygens (including phenoxy) is 1.